The Morgan fingerprint density at radius 2 is 1.44 bits per heavy atom. The fraction of sp³-hybridized carbons (Fsp3) is 0.250. The van der Waals surface area contributed by atoms with Crippen molar-refractivity contribution in [3.63, 3.8) is 0 Å². The average Bonchev–Trinajstić information content (AvgIpc) is 2.82. The molecular weight excluding hydrogens is 416 g/mol. The third-order valence-electron chi connectivity index (χ3n) is 5.03. The summed E-state index contributed by atoms with van der Waals surface area (Å²) in [6, 6.07) is 14.5. The van der Waals surface area contributed by atoms with Gasteiger partial charge in [-0.15, -0.1) is 0 Å². The molecule has 0 aromatic heterocycles. The molecule has 0 aliphatic carbocycles. The molecular formula is C24H26O8. The number of aliphatic hydroxyl groups is 2. The van der Waals surface area contributed by atoms with E-state index in [9.17, 15) is 20.4 Å². The number of aliphatic hydroxyl groups excluding tert-OH is 2. The molecule has 3 aromatic rings. The highest BCUT2D eigenvalue weighted by atomic mass is 16.5. The van der Waals surface area contributed by atoms with Crippen molar-refractivity contribution >= 4 is 0 Å². The summed E-state index contributed by atoms with van der Waals surface area (Å²) in [5.74, 6) is 0.963. The number of phenolic OH excluding ortho intramolecular Hbond substituents is 2. The monoisotopic (exact) mass is 442 g/mol. The second-order valence-electron chi connectivity index (χ2n) is 6.94. The average molecular weight is 442 g/mol. The van der Waals surface area contributed by atoms with Crippen molar-refractivity contribution in [1.82, 2.24) is 0 Å². The zero-order valence-corrected chi connectivity index (χ0v) is 18.0. The molecule has 32 heavy (non-hydrogen) atoms. The normalized spacial score (nSPS) is 12.7. The van der Waals surface area contributed by atoms with E-state index in [1.54, 1.807) is 42.5 Å². The Morgan fingerprint density at radius 3 is 2.06 bits per heavy atom. The first-order valence-corrected chi connectivity index (χ1v) is 9.80. The van der Waals surface area contributed by atoms with E-state index in [0.29, 0.717) is 28.2 Å². The van der Waals surface area contributed by atoms with Gasteiger partial charge in [-0.25, -0.2) is 0 Å². The van der Waals surface area contributed by atoms with Crippen LogP contribution >= 0.6 is 0 Å². The van der Waals surface area contributed by atoms with Crippen LogP contribution in [-0.2, 0) is 0 Å². The molecule has 3 rings (SSSR count). The number of hydrogen-bond donors (Lipinski definition) is 4. The lowest BCUT2D eigenvalue weighted by Crippen LogP contribution is -2.29. The first kappa shape index (κ1) is 23.1. The van der Waals surface area contributed by atoms with Gasteiger partial charge in [-0.05, 0) is 47.5 Å². The van der Waals surface area contributed by atoms with E-state index in [0.717, 1.165) is 0 Å². The Bertz CT molecular complexity index is 1070. The molecule has 170 valence electrons. The predicted octanol–water partition coefficient (Wildman–Crippen LogP) is 3.26. The maximum Gasteiger partial charge on any atom is 0.165 e. The van der Waals surface area contributed by atoms with E-state index in [-0.39, 0.29) is 23.0 Å². The number of hydrogen-bond acceptors (Lipinski definition) is 8. The van der Waals surface area contributed by atoms with Gasteiger partial charge in [0.05, 0.1) is 27.9 Å². The SMILES string of the molecule is COc1cc(-c2cc(C(O)C(CO)Oc3ccccc3OC)cc(OC)c2O)ccc1O. The number of rotatable bonds is 9. The van der Waals surface area contributed by atoms with Gasteiger partial charge in [0.25, 0.3) is 0 Å². The molecule has 3 aromatic carbocycles. The minimum Gasteiger partial charge on any atom is -0.504 e. The Balaban J connectivity index is 2.02. The maximum absolute atomic E-state index is 11.0. The Hall–Kier alpha value is -3.62. The van der Waals surface area contributed by atoms with Crippen molar-refractivity contribution in [2.75, 3.05) is 27.9 Å². The second kappa shape index (κ2) is 10.1. The van der Waals surface area contributed by atoms with E-state index < -0.39 is 18.8 Å². The predicted molar refractivity (Wildman–Crippen MR) is 118 cm³/mol. The van der Waals surface area contributed by atoms with Crippen LogP contribution < -0.4 is 18.9 Å². The Labute approximate surface area is 185 Å². The molecule has 8 heteroatoms. The van der Waals surface area contributed by atoms with Crippen molar-refractivity contribution in [3.05, 3.63) is 60.2 Å². The van der Waals surface area contributed by atoms with Gasteiger partial charge < -0.3 is 39.4 Å². The number of ether oxygens (including phenoxy) is 4. The van der Waals surface area contributed by atoms with Crippen LogP contribution in [0.3, 0.4) is 0 Å². The number of phenols is 2. The molecule has 0 fully saturated rings. The van der Waals surface area contributed by atoms with Gasteiger partial charge in [-0.1, -0.05) is 18.2 Å². The van der Waals surface area contributed by atoms with E-state index in [1.807, 2.05) is 0 Å². The molecule has 0 saturated heterocycles. The summed E-state index contributed by atoms with van der Waals surface area (Å²) in [4.78, 5) is 0. The van der Waals surface area contributed by atoms with Crippen LogP contribution in [0.25, 0.3) is 11.1 Å². The molecule has 8 nitrogen and oxygen atoms in total. The van der Waals surface area contributed by atoms with Crippen LogP contribution in [0.5, 0.6) is 34.5 Å². The van der Waals surface area contributed by atoms with Crippen LogP contribution in [0.4, 0.5) is 0 Å². The summed E-state index contributed by atoms with van der Waals surface area (Å²) in [6.07, 6.45) is -2.29. The second-order valence-corrected chi connectivity index (χ2v) is 6.94. The third-order valence-corrected chi connectivity index (χ3v) is 5.03. The van der Waals surface area contributed by atoms with Gasteiger partial charge in [0.2, 0.25) is 0 Å². The quantitative estimate of drug-likeness (QED) is 0.399. The highest BCUT2D eigenvalue weighted by Crippen LogP contribution is 2.42. The minimum atomic E-state index is -1.27. The summed E-state index contributed by atoms with van der Waals surface area (Å²) >= 11 is 0. The van der Waals surface area contributed by atoms with E-state index >= 15 is 0 Å². The van der Waals surface area contributed by atoms with Crippen LogP contribution in [0, 0.1) is 0 Å². The molecule has 2 atom stereocenters. The molecule has 0 saturated carbocycles. The fourth-order valence-electron chi connectivity index (χ4n) is 3.32. The van der Waals surface area contributed by atoms with E-state index in [4.69, 9.17) is 18.9 Å². The molecule has 0 amide bonds. The molecule has 2 unspecified atom stereocenters. The van der Waals surface area contributed by atoms with Crippen molar-refractivity contribution in [3.8, 4) is 45.6 Å². The van der Waals surface area contributed by atoms with Crippen LogP contribution in [0.2, 0.25) is 0 Å². The smallest absolute Gasteiger partial charge is 0.165 e. The van der Waals surface area contributed by atoms with Gasteiger partial charge in [-0.2, -0.15) is 0 Å². The van der Waals surface area contributed by atoms with Crippen molar-refractivity contribution in [2.24, 2.45) is 0 Å². The Morgan fingerprint density at radius 1 is 0.781 bits per heavy atom. The van der Waals surface area contributed by atoms with Gasteiger partial charge in [0.15, 0.2) is 40.6 Å². The van der Waals surface area contributed by atoms with Crippen molar-refractivity contribution in [1.29, 1.82) is 0 Å². The number of benzene rings is 3. The molecule has 0 radical (unpaired) electrons. The van der Waals surface area contributed by atoms with Gasteiger partial charge in [0, 0.05) is 5.56 Å². The molecule has 4 N–H and O–H groups in total. The zero-order valence-electron chi connectivity index (χ0n) is 18.0. The highest BCUT2D eigenvalue weighted by Gasteiger charge is 2.26. The number of aromatic hydroxyl groups is 2. The standard InChI is InChI=1S/C24H26O8/c1-29-18-6-4-5-7-19(18)32-22(13-25)23(27)15-10-16(24(28)21(12-15)31-3)14-8-9-17(26)20(11-14)30-2/h4-12,22-23,25-28H,13H2,1-3H3. The Kier molecular flexibility index (Phi) is 7.29. The topological polar surface area (TPSA) is 118 Å². The van der Waals surface area contributed by atoms with Crippen LogP contribution in [0.1, 0.15) is 11.7 Å². The summed E-state index contributed by atoms with van der Waals surface area (Å²) < 4.78 is 21.5. The van der Waals surface area contributed by atoms with Gasteiger partial charge in [-0.3, -0.25) is 0 Å². The lowest BCUT2D eigenvalue weighted by molar-refractivity contribution is -0.000490. The zero-order chi connectivity index (χ0) is 23.3. The van der Waals surface area contributed by atoms with Crippen molar-refractivity contribution in [2.45, 2.75) is 12.2 Å². The lowest BCUT2D eigenvalue weighted by atomic mass is 9.96. The van der Waals surface area contributed by atoms with Crippen molar-refractivity contribution < 1.29 is 39.4 Å². The molecule has 0 aliphatic heterocycles. The number of methoxy groups -OCH3 is 3. The first-order valence-electron chi connectivity index (χ1n) is 9.80. The lowest BCUT2D eigenvalue weighted by Gasteiger charge is -2.25. The first-order chi connectivity index (χ1) is 15.4. The van der Waals surface area contributed by atoms with E-state index in [1.165, 1.54) is 33.5 Å². The van der Waals surface area contributed by atoms with Gasteiger partial charge >= 0.3 is 0 Å². The minimum absolute atomic E-state index is 0.0514. The van der Waals surface area contributed by atoms with E-state index in [2.05, 4.69) is 0 Å². The maximum atomic E-state index is 11.0. The van der Waals surface area contributed by atoms with Gasteiger partial charge in [0.1, 0.15) is 6.10 Å². The van der Waals surface area contributed by atoms with Crippen LogP contribution in [-0.4, -0.2) is 54.5 Å². The molecule has 0 aliphatic rings. The highest BCUT2D eigenvalue weighted by molar-refractivity contribution is 5.76. The summed E-state index contributed by atoms with van der Waals surface area (Å²) in [7, 11) is 4.30. The fourth-order valence-corrected chi connectivity index (χ4v) is 3.32. The molecule has 0 heterocycles. The molecule has 0 spiro atoms. The largest absolute Gasteiger partial charge is 0.504 e. The summed E-state index contributed by atoms with van der Waals surface area (Å²) in [5.41, 5.74) is 1.21. The summed E-state index contributed by atoms with van der Waals surface area (Å²) in [6.45, 7) is -0.481. The summed E-state index contributed by atoms with van der Waals surface area (Å²) in [5, 5.41) is 41.5. The molecule has 0 bridgehead atoms. The van der Waals surface area contributed by atoms with Crippen LogP contribution in [0.15, 0.2) is 54.6 Å². The third kappa shape index (κ3) is 4.66. The number of para-hydroxylation sites is 2.